The third-order valence-corrected chi connectivity index (χ3v) is 3.99. The Balaban J connectivity index is 2.14. The van der Waals surface area contributed by atoms with Crippen molar-refractivity contribution >= 4 is 28.1 Å². The topological polar surface area (TPSA) is 108 Å². The SMILES string of the molecule is CC(C)(C)c1[nH]cnc1C=c1[nH]c(=O)c(=Cc2ccc(Br)o2)[nH]c1=O. The van der Waals surface area contributed by atoms with Gasteiger partial charge in [-0.3, -0.25) is 9.59 Å². The van der Waals surface area contributed by atoms with Gasteiger partial charge in [-0.15, -0.1) is 0 Å². The first-order chi connectivity index (χ1) is 11.7. The first kappa shape index (κ1) is 17.2. The lowest BCUT2D eigenvalue weighted by Crippen LogP contribution is -2.46. The molecule has 7 nitrogen and oxygen atoms in total. The zero-order valence-electron chi connectivity index (χ0n) is 13.9. The van der Waals surface area contributed by atoms with Crippen LogP contribution in [-0.4, -0.2) is 19.9 Å². The zero-order valence-corrected chi connectivity index (χ0v) is 15.5. The standard InChI is InChI=1S/C17H17BrN4O3/c1-17(2,3)14-10(19-8-20-14)7-12-16(24)21-11(15(23)22-12)6-9-4-5-13(18)25-9/h4-8H,1-3H3,(H,19,20)(H,21,24)(H,22,23). The van der Waals surface area contributed by atoms with E-state index in [2.05, 4.69) is 35.9 Å². The Morgan fingerprint density at radius 3 is 2.28 bits per heavy atom. The molecule has 0 radical (unpaired) electrons. The van der Waals surface area contributed by atoms with Crippen molar-refractivity contribution in [2.45, 2.75) is 26.2 Å². The molecule has 0 aliphatic heterocycles. The Morgan fingerprint density at radius 2 is 1.72 bits per heavy atom. The minimum absolute atomic E-state index is 0.113. The lowest BCUT2D eigenvalue weighted by Gasteiger charge is -2.16. The fourth-order valence-corrected chi connectivity index (χ4v) is 2.72. The summed E-state index contributed by atoms with van der Waals surface area (Å²) in [5, 5.41) is 0.252. The largest absolute Gasteiger partial charge is 0.450 e. The molecule has 0 saturated carbocycles. The molecular formula is C17H17BrN4O3. The molecule has 0 amide bonds. The number of nitrogens with one attached hydrogen (secondary N) is 3. The maximum absolute atomic E-state index is 12.3. The Kier molecular flexibility index (Phi) is 4.38. The number of furan rings is 1. The molecule has 3 rings (SSSR count). The van der Waals surface area contributed by atoms with Gasteiger partial charge in [0, 0.05) is 17.2 Å². The molecule has 0 aliphatic carbocycles. The van der Waals surface area contributed by atoms with E-state index in [4.69, 9.17) is 4.42 Å². The normalized spacial score (nSPS) is 13.6. The van der Waals surface area contributed by atoms with Crippen molar-refractivity contribution in [3.05, 3.63) is 71.7 Å². The van der Waals surface area contributed by atoms with E-state index in [1.54, 1.807) is 24.5 Å². The van der Waals surface area contributed by atoms with E-state index >= 15 is 0 Å². The van der Waals surface area contributed by atoms with Crippen LogP contribution in [-0.2, 0) is 5.41 Å². The third kappa shape index (κ3) is 3.74. The molecule has 0 unspecified atom stereocenters. The van der Waals surface area contributed by atoms with Crippen molar-refractivity contribution in [1.29, 1.82) is 0 Å². The summed E-state index contributed by atoms with van der Waals surface area (Å²) in [6, 6.07) is 3.38. The average molecular weight is 405 g/mol. The van der Waals surface area contributed by atoms with Gasteiger partial charge in [-0.1, -0.05) is 20.8 Å². The summed E-state index contributed by atoms with van der Waals surface area (Å²) in [7, 11) is 0. The second kappa shape index (κ2) is 6.36. The monoisotopic (exact) mass is 404 g/mol. The minimum atomic E-state index is -0.425. The van der Waals surface area contributed by atoms with Crippen molar-refractivity contribution in [3.63, 3.8) is 0 Å². The highest BCUT2D eigenvalue weighted by atomic mass is 79.9. The Hall–Kier alpha value is -2.61. The predicted molar refractivity (Wildman–Crippen MR) is 97.8 cm³/mol. The number of H-pyrrole nitrogens is 3. The molecule has 25 heavy (non-hydrogen) atoms. The van der Waals surface area contributed by atoms with Gasteiger partial charge < -0.3 is 19.4 Å². The highest BCUT2D eigenvalue weighted by Gasteiger charge is 2.19. The molecule has 0 atom stereocenters. The van der Waals surface area contributed by atoms with Crippen LogP contribution < -0.4 is 21.8 Å². The van der Waals surface area contributed by atoms with Gasteiger partial charge >= 0.3 is 0 Å². The molecule has 3 aromatic rings. The first-order valence-corrected chi connectivity index (χ1v) is 8.38. The number of aromatic amines is 3. The van der Waals surface area contributed by atoms with E-state index in [0.29, 0.717) is 16.1 Å². The van der Waals surface area contributed by atoms with Gasteiger partial charge in [0.05, 0.1) is 12.0 Å². The van der Waals surface area contributed by atoms with Crippen LogP contribution in [0.1, 0.15) is 37.9 Å². The van der Waals surface area contributed by atoms with Crippen LogP contribution in [0.2, 0.25) is 0 Å². The van der Waals surface area contributed by atoms with E-state index < -0.39 is 11.1 Å². The molecule has 0 aromatic carbocycles. The molecule has 3 N–H and O–H groups in total. The average Bonchev–Trinajstić information content (AvgIpc) is 3.13. The quantitative estimate of drug-likeness (QED) is 0.594. The lowest BCUT2D eigenvalue weighted by molar-refractivity contribution is 0.531. The number of nitrogens with zero attached hydrogens (tertiary/aromatic N) is 1. The minimum Gasteiger partial charge on any atom is -0.450 e. The Morgan fingerprint density at radius 1 is 1.08 bits per heavy atom. The Bertz CT molecular complexity index is 1140. The van der Waals surface area contributed by atoms with E-state index in [1.807, 2.05) is 20.8 Å². The summed E-state index contributed by atoms with van der Waals surface area (Å²) in [6.07, 6.45) is 4.59. The molecule has 0 saturated heterocycles. The summed E-state index contributed by atoms with van der Waals surface area (Å²) in [5.41, 5.74) is 0.477. The highest BCUT2D eigenvalue weighted by molar-refractivity contribution is 9.10. The molecule has 0 aliphatic rings. The highest BCUT2D eigenvalue weighted by Crippen LogP contribution is 2.22. The molecule has 3 aromatic heterocycles. The molecule has 3 heterocycles. The van der Waals surface area contributed by atoms with Gasteiger partial charge in [0.25, 0.3) is 11.1 Å². The summed E-state index contributed by atoms with van der Waals surface area (Å²) in [4.78, 5) is 37.0. The van der Waals surface area contributed by atoms with Crippen molar-refractivity contribution in [2.75, 3.05) is 0 Å². The van der Waals surface area contributed by atoms with Crippen LogP contribution in [0.15, 0.2) is 37.1 Å². The fourth-order valence-electron chi connectivity index (χ4n) is 2.40. The van der Waals surface area contributed by atoms with Crippen molar-refractivity contribution < 1.29 is 4.42 Å². The van der Waals surface area contributed by atoms with Gasteiger partial charge in [0.2, 0.25) is 0 Å². The van der Waals surface area contributed by atoms with Crippen LogP contribution in [0.3, 0.4) is 0 Å². The number of imidazole rings is 1. The maximum atomic E-state index is 12.3. The summed E-state index contributed by atoms with van der Waals surface area (Å²) in [5.74, 6) is 0.451. The van der Waals surface area contributed by atoms with E-state index in [0.717, 1.165) is 5.69 Å². The van der Waals surface area contributed by atoms with Gasteiger partial charge in [-0.25, -0.2) is 4.98 Å². The Labute approximate surface area is 150 Å². The first-order valence-electron chi connectivity index (χ1n) is 7.59. The smallest absolute Gasteiger partial charge is 0.272 e. The molecular weight excluding hydrogens is 388 g/mol. The maximum Gasteiger partial charge on any atom is 0.272 e. The number of halogens is 1. The second-order valence-corrected chi connectivity index (χ2v) is 7.36. The number of rotatable bonds is 2. The molecule has 0 bridgehead atoms. The zero-order chi connectivity index (χ0) is 18.2. The molecule has 0 spiro atoms. The van der Waals surface area contributed by atoms with Crippen molar-refractivity contribution in [3.8, 4) is 0 Å². The third-order valence-electron chi connectivity index (χ3n) is 3.57. The van der Waals surface area contributed by atoms with Crippen molar-refractivity contribution in [2.24, 2.45) is 0 Å². The molecule has 130 valence electrons. The summed E-state index contributed by atoms with van der Waals surface area (Å²) < 4.78 is 5.85. The fraction of sp³-hybridized carbons (Fsp3) is 0.235. The van der Waals surface area contributed by atoms with Crippen LogP contribution in [0, 0.1) is 0 Å². The summed E-state index contributed by atoms with van der Waals surface area (Å²) >= 11 is 3.19. The van der Waals surface area contributed by atoms with Crippen LogP contribution in [0.4, 0.5) is 0 Å². The van der Waals surface area contributed by atoms with Gasteiger partial charge in [0.15, 0.2) is 4.67 Å². The van der Waals surface area contributed by atoms with Crippen LogP contribution >= 0.6 is 15.9 Å². The van der Waals surface area contributed by atoms with Gasteiger partial charge in [0.1, 0.15) is 16.5 Å². The van der Waals surface area contributed by atoms with E-state index in [-0.39, 0.29) is 16.1 Å². The van der Waals surface area contributed by atoms with E-state index in [9.17, 15) is 9.59 Å². The number of aromatic nitrogens is 4. The second-order valence-electron chi connectivity index (χ2n) is 6.58. The predicted octanol–water partition coefficient (Wildman–Crippen LogP) is 1.10. The summed E-state index contributed by atoms with van der Waals surface area (Å²) in [6.45, 7) is 6.10. The van der Waals surface area contributed by atoms with Crippen LogP contribution in [0.25, 0.3) is 12.2 Å². The number of hydrogen-bond acceptors (Lipinski definition) is 4. The van der Waals surface area contributed by atoms with E-state index in [1.165, 1.54) is 6.08 Å². The van der Waals surface area contributed by atoms with Crippen LogP contribution in [0.5, 0.6) is 0 Å². The van der Waals surface area contributed by atoms with Gasteiger partial charge in [-0.2, -0.15) is 0 Å². The van der Waals surface area contributed by atoms with Gasteiger partial charge in [-0.05, 0) is 34.1 Å². The lowest BCUT2D eigenvalue weighted by atomic mass is 9.90. The van der Waals surface area contributed by atoms with Crippen molar-refractivity contribution in [1.82, 2.24) is 19.9 Å². The number of hydrogen-bond donors (Lipinski definition) is 3. The molecule has 0 fully saturated rings. The molecule has 8 heteroatoms.